The first-order valence-corrected chi connectivity index (χ1v) is 9.62. The van der Waals surface area contributed by atoms with Crippen LogP contribution in [0.25, 0.3) is 0 Å². The van der Waals surface area contributed by atoms with Crippen molar-refractivity contribution in [1.82, 2.24) is 5.32 Å². The molecule has 0 aromatic heterocycles. The van der Waals surface area contributed by atoms with Crippen LogP contribution in [0.3, 0.4) is 0 Å². The van der Waals surface area contributed by atoms with Crippen LogP contribution in [0.4, 0.5) is 11.4 Å². The van der Waals surface area contributed by atoms with Gasteiger partial charge in [-0.05, 0) is 0 Å². The summed E-state index contributed by atoms with van der Waals surface area (Å²) in [6.07, 6.45) is 4.67. The maximum atomic E-state index is 6.58. The molecular weight excluding hydrogens is 411 g/mol. The minimum atomic E-state index is -0.537. The van der Waals surface area contributed by atoms with E-state index in [1.165, 1.54) is 5.57 Å². The molecule has 120 valence electrons. The van der Waals surface area contributed by atoms with Gasteiger partial charge in [0.25, 0.3) is 0 Å². The predicted octanol–water partition coefficient (Wildman–Crippen LogP) is 0.112. The third kappa shape index (κ3) is 4.02. The van der Waals surface area contributed by atoms with Crippen LogP contribution in [-0.4, -0.2) is 11.9 Å². The van der Waals surface area contributed by atoms with Gasteiger partial charge in [-0.2, -0.15) is 0 Å². The Labute approximate surface area is 147 Å². The van der Waals surface area contributed by atoms with Gasteiger partial charge >= 0.3 is 148 Å². The molecule has 22 heavy (non-hydrogen) atoms. The van der Waals surface area contributed by atoms with Crippen LogP contribution in [0.5, 0.6) is 0 Å². The average Bonchev–Trinajstić information content (AvgIpc) is 2.53. The molecule has 1 aliphatic rings. The number of hydrogen-bond donors (Lipinski definition) is 2. The van der Waals surface area contributed by atoms with Gasteiger partial charge < -0.3 is 0 Å². The molecule has 1 unspecified atom stereocenters. The zero-order chi connectivity index (χ0) is 16.1. The van der Waals surface area contributed by atoms with Gasteiger partial charge in [0, 0.05) is 0 Å². The number of halogens is 2. The number of aliphatic imine (C=N–C) groups is 1. The number of para-hydroxylation sites is 1. The summed E-state index contributed by atoms with van der Waals surface area (Å²) in [4.78, 5) is 4.43. The molecule has 0 saturated heterocycles. The monoisotopic (exact) mass is 432 g/mol. The summed E-state index contributed by atoms with van der Waals surface area (Å²) < 4.78 is 3.30. The second kappa shape index (κ2) is 7.99. The molecule has 4 nitrogen and oxygen atoms in total. The van der Waals surface area contributed by atoms with E-state index in [4.69, 9.17) is 11.6 Å². The summed E-state index contributed by atoms with van der Waals surface area (Å²) >= 11 is 6.04. The van der Waals surface area contributed by atoms with Crippen LogP contribution < -0.4 is 35.6 Å². The molecule has 1 heterocycles. The molecule has 4 N–H and O–H groups in total. The number of allylic oxidation sites excluding steroid dienone is 1. The van der Waals surface area contributed by atoms with E-state index < -0.39 is 21.5 Å². The van der Waals surface area contributed by atoms with Crippen LogP contribution >= 0.6 is 11.6 Å². The first kappa shape index (κ1) is 17.3. The number of anilines is 1. The standard InChI is InChI=1S/C16H21ClIN4/c1-4-11(2)15(17)18-22(14-8-6-5-7-13(14)19)16-12(3)20-9-10-21-16/h5-10,16,21H,4,19H2,1-3H3/q-1/p+1. The number of benzene rings is 1. The van der Waals surface area contributed by atoms with E-state index in [1.807, 2.05) is 31.3 Å². The van der Waals surface area contributed by atoms with Crippen molar-refractivity contribution < 1.29 is 27.2 Å². The molecule has 6 heteroatoms. The van der Waals surface area contributed by atoms with Gasteiger partial charge in [-0.3, -0.25) is 0 Å². The molecule has 0 amide bonds. The van der Waals surface area contributed by atoms with E-state index in [0.717, 1.165) is 26.5 Å². The Morgan fingerprint density at radius 3 is 2.82 bits per heavy atom. The predicted molar refractivity (Wildman–Crippen MR) is 89.5 cm³/mol. The van der Waals surface area contributed by atoms with Crippen LogP contribution in [0.15, 0.2) is 50.3 Å². The molecule has 1 atom stereocenters. The summed E-state index contributed by atoms with van der Waals surface area (Å²) in [5.74, 6) is 0. The van der Waals surface area contributed by atoms with Crippen molar-refractivity contribution in [2.75, 3.05) is 3.11 Å². The SMILES string of the molecule is CCC(C)=C(Cl)[I-]N(c1ccccc1[NH3+])C1NC=CN=C1C. The van der Waals surface area contributed by atoms with Crippen molar-refractivity contribution in [3.8, 4) is 0 Å². The number of nitrogens with zero attached hydrogens (tertiary/aromatic N) is 2. The van der Waals surface area contributed by atoms with Gasteiger partial charge in [0.2, 0.25) is 0 Å². The Hall–Kier alpha value is -1.05. The fourth-order valence-electron chi connectivity index (χ4n) is 1.95. The van der Waals surface area contributed by atoms with Gasteiger partial charge in [-0.1, -0.05) is 0 Å². The summed E-state index contributed by atoms with van der Waals surface area (Å²) in [5, 5.41) is 3.39. The first-order chi connectivity index (χ1) is 10.5. The van der Waals surface area contributed by atoms with Crippen LogP contribution in [0.1, 0.15) is 27.2 Å². The molecule has 0 radical (unpaired) electrons. The van der Waals surface area contributed by atoms with Crippen molar-refractivity contribution in [3.63, 3.8) is 0 Å². The second-order valence-corrected chi connectivity index (χ2v) is 8.69. The summed E-state index contributed by atoms with van der Waals surface area (Å²) in [6.45, 7) is 6.27. The normalized spacial score (nSPS) is 18.6. The Morgan fingerprint density at radius 1 is 1.45 bits per heavy atom. The molecule has 0 saturated carbocycles. The molecular formula is C16H22ClIN4. The molecule has 0 aliphatic carbocycles. The molecule has 1 aromatic rings. The van der Waals surface area contributed by atoms with Gasteiger partial charge in [0.05, 0.1) is 0 Å². The third-order valence-corrected chi connectivity index (χ3v) is 7.16. The van der Waals surface area contributed by atoms with E-state index >= 15 is 0 Å². The number of nitrogens with one attached hydrogen (secondary N) is 1. The summed E-state index contributed by atoms with van der Waals surface area (Å²) in [5.41, 5.74) is 8.56. The van der Waals surface area contributed by atoms with E-state index in [-0.39, 0.29) is 6.17 Å². The van der Waals surface area contributed by atoms with Crippen LogP contribution in [-0.2, 0) is 0 Å². The topological polar surface area (TPSA) is 55.3 Å². The van der Waals surface area contributed by atoms with E-state index in [2.05, 4.69) is 39.1 Å². The molecule has 1 aromatic carbocycles. The average molecular weight is 433 g/mol. The Bertz CT molecular complexity index is 624. The number of quaternary nitrogens is 1. The van der Waals surface area contributed by atoms with Gasteiger partial charge in [-0.25, -0.2) is 0 Å². The summed E-state index contributed by atoms with van der Waals surface area (Å²) in [7, 11) is 0. The fraction of sp³-hybridized carbons (Fsp3) is 0.312. The quantitative estimate of drug-likeness (QED) is 0.513. The van der Waals surface area contributed by atoms with Crippen molar-refractivity contribution >= 4 is 28.7 Å². The van der Waals surface area contributed by atoms with Gasteiger partial charge in [-0.15, -0.1) is 0 Å². The Kier molecular flexibility index (Phi) is 6.28. The third-order valence-electron chi connectivity index (χ3n) is 3.47. The Balaban J connectivity index is 2.39. The number of rotatable bonds is 5. The summed E-state index contributed by atoms with van der Waals surface area (Å²) in [6, 6.07) is 8.17. The van der Waals surface area contributed by atoms with Gasteiger partial charge in [0.15, 0.2) is 0 Å². The maximum absolute atomic E-state index is 6.58. The first-order valence-electron chi connectivity index (χ1n) is 7.20. The van der Waals surface area contributed by atoms with Crippen LogP contribution in [0.2, 0.25) is 0 Å². The van der Waals surface area contributed by atoms with Crippen molar-refractivity contribution in [1.29, 1.82) is 0 Å². The molecule has 0 spiro atoms. The molecule has 0 fully saturated rings. The fourth-order valence-corrected chi connectivity index (χ4v) is 5.37. The Morgan fingerprint density at radius 2 is 2.18 bits per heavy atom. The zero-order valence-corrected chi connectivity index (χ0v) is 16.0. The zero-order valence-electron chi connectivity index (χ0n) is 13.1. The van der Waals surface area contributed by atoms with E-state index in [1.54, 1.807) is 6.20 Å². The number of hydrogen-bond acceptors (Lipinski definition) is 3. The van der Waals surface area contributed by atoms with Gasteiger partial charge in [0.1, 0.15) is 0 Å². The van der Waals surface area contributed by atoms with Crippen molar-refractivity contribution in [3.05, 3.63) is 45.3 Å². The van der Waals surface area contributed by atoms with E-state index in [9.17, 15) is 0 Å². The van der Waals surface area contributed by atoms with Crippen molar-refractivity contribution in [2.45, 2.75) is 33.4 Å². The van der Waals surface area contributed by atoms with Crippen molar-refractivity contribution in [2.24, 2.45) is 4.99 Å². The second-order valence-electron chi connectivity index (χ2n) is 5.07. The van der Waals surface area contributed by atoms with Crippen LogP contribution in [0, 0.1) is 0 Å². The minimum absolute atomic E-state index is 0.0270. The molecule has 0 bridgehead atoms. The molecule has 1 aliphatic heterocycles. The van der Waals surface area contributed by atoms with E-state index in [0.29, 0.717) is 0 Å². The molecule has 2 rings (SSSR count).